The van der Waals surface area contributed by atoms with E-state index in [1.807, 2.05) is 0 Å². The van der Waals surface area contributed by atoms with Crippen LogP contribution >= 0.6 is 0 Å². The molecule has 0 heterocycles. The third-order valence-electron chi connectivity index (χ3n) is 4.34. The minimum Gasteiger partial charge on any atom is -0.415 e. The van der Waals surface area contributed by atoms with E-state index in [0.29, 0.717) is 13.2 Å². The summed E-state index contributed by atoms with van der Waals surface area (Å²) in [5.74, 6) is -0.105. The Bertz CT molecular complexity index is 647. The molecule has 12 heteroatoms. The summed E-state index contributed by atoms with van der Waals surface area (Å²) in [6, 6.07) is -0.355. The molecule has 0 unspecified atom stereocenters. The number of hydrogen-bond donors (Lipinski definition) is 1. The van der Waals surface area contributed by atoms with Crippen LogP contribution in [0, 0.1) is 0 Å². The van der Waals surface area contributed by atoms with Gasteiger partial charge in [0, 0.05) is 6.92 Å². The smallest absolute Gasteiger partial charge is 0.217 e. The van der Waals surface area contributed by atoms with Crippen LogP contribution in [0.15, 0.2) is 0 Å². The number of carbonyl (C=O) groups excluding carboxylic acids is 1. The quantitative estimate of drug-likeness (QED) is 0.230. The lowest BCUT2D eigenvalue weighted by molar-refractivity contribution is -0.122. The first kappa shape index (κ1) is 35.4. The SMILES string of the molecule is CC(=O)N[C@@H](CO[Si](C)(C)C)[C@@H](O[Si](C)(C)C)[C@H](O[Si](C)(C)C)[C@@H](CO[Si](C)(C)C)O[Si](C)(C)C. The molecule has 0 aliphatic heterocycles. The molecule has 0 aliphatic rings. The molecule has 0 aliphatic carbocycles. The summed E-state index contributed by atoms with van der Waals surface area (Å²) < 4.78 is 33.2. The number of nitrogens with one attached hydrogen (secondary N) is 1. The van der Waals surface area contributed by atoms with Crippen LogP contribution in [0.3, 0.4) is 0 Å². The standard InChI is InChI=1S/C23H57NO6Si5/c1-19(25)24-20(17-26-31(2,3)4)22(29-34(11,12)13)23(30-35(14,15)16)21(28-33(8,9)10)18-27-32(5,6)7/h20-23H,17-18H2,1-16H3,(H,24,25)/t20-,21+,22+,23+/m0/s1. The van der Waals surface area contributed by atoms with Crippen molar-refractivity contribution in [2.75, 3.05) is 13.2 Å². The largest absolute Gasteiger partial charge is 0.415 e. The maximum Gasteiger partial charge on any atom is 0.217 e. The molecule has 0 spiro atoms. The Balaban J connectivity index is 6.69. The van der Waals surface area contributed by atoms with Crippen molar-refractivity contribution in [2.24, 2.45) is 0 Å². The van der Waals surface area contributed by atoms with Crippen molar-refractivity contribution >= 4 is 47.5 Å². The third-order valence-corrected chi connectivity index (χ3v) is 9.37. The van der Waals surface area contributed by atoms with Gasteiger partial charge < -0.3 is 27.4 Å². The van der Waals surface area contributed by atoms with Gasteiger partial charge in [0.05, 0.1) is 37.6 Å². The fourth-order valence-electron chi connectivity index (χ4n) is 3.35. The first-order valence-electron chi connectivity index (χ1n) is 12.9. The Morgan fingerprint density at radius 3 is 1.29 bits per heavy atom. The molecule has 210 valence electrons. The minimum absolute atomic E-state index is 0.105. The molecule has 0 saturated heterocycles. The molecule has 35 heavy (non-hydrogen) atoms. The van der Waals surface area contributed by atoms with E-state index in [0.717, 1.165) is 0 Å². The third kappa shape index (κ3) is 19.1. The van der Waals surface area contributed by atoms with Crippen molar-refractivity contribution in [2.45, 2.75) is 129 Å². The summed E-state index contributed by atoms with van der Waals surface area (Å²) in [4.78, 5) is 12.3. The van der Waals surface area contributed by atoms with Crippen LogP contribution in [0.2, 0.25) is 98.2 Å². The first-order valence-corrected chi connectivity index (χ1v) is 29.9. The molecule has 0 bridgehead atoms. The summed E-state index contributed by atoms with van der Waals surface area (Å²) in [5.41, 5.74) is 0. The van der Waals surface area contributed by atoms with Crippen molar-refractivity contribution in [3.8, 4) is 0 Å². The van der Waals surface area contributed by atoms with Crippen LogP contribution in [-0.4, -0.2) is 85.1 Å². The highest BCUT2D eigenvalue weighted by Crippen LogP contribution is 2.27. The second-order valence-electron chi connectivity index (χ2n) is 14.3. The fraction of sp³-hybridized carbons (Fsp3) is 0.957. The van der Waals surface area contributed by atoms with Crippen LogP contribution in [0.25, 0.3) is 0 Å². The zero-order valence-electron chi connectivity index (χ0n) is 25.7. The van der Waals surface area contributed by atoms with Gasteiger partial charge in [0.15, 0.2) is 41.6 Å². The molecule has 1 N–H and O–H groups in total. The van der Waals surface area contributed by atoms with Gasteiger partial charge in [-0.3, -0.25) is 4.79 Å². The molecule has 0 saturated carbocycles. The molecule has 0 rings (SSSR count). The van der Waals surface area contributed by atoms with Gasteiger partial charge in [0.1, 0.15) is 0 Å². The summed E-state index contributed by atoms with van der Waals surface area (Å²) in [6.07, 6.45) is -1.11. The van der Waals surface area contributed by atoms with E-state index >= 15 is 0 Å². The van der Waals surface area contributed by atoms with Crippen LogP contribution in [0.1, 0.15) is 6.92 Å². The Hall–Kier alpha value is 0.354. The van der Waals surface area contributed by atoms with Gasteiger partial charge in [-0.2, -0.15) is 0 Å². The van der Waals surface area contributed by atoms with Crippen molar-refractivity contribution in [1.29, 1.82) is 0 Å². The molecule has 1 amide bonds. The second-order valence-corrected chi connectivity index (χ2v) is 36.7. The summed E-state index contributed by atoms with van der Waals surface area (Å²) in [7, 11) is -9.68. The summed E-state index contributed by atoms with van der Waals surface area (Å²) in [5, 5.41) is 3.15. The van der Waals surface area contributed by atoms with E-state index in [1.165, 1.54) is 0 Å². The van der Waals surface area contributed by atoms with E-state index in [1.54, 1.807) is 6.92 Å². The second kappa shape index (κ2) is 13.4. The maximum atomic E-state index is 12.3. The maximum absolute atomic E-state index is 12.3. The van der Waals surface area contributed by atoms with Gasteiger partial charge in [0.2, 0.25) is 5.91 Å². The predicted octanol–water partition coefficient (Wildman–Crippen LogP) is 5.85. The average molecular weight is 584 g/mol. The van der Waals surface area contributed by atoms with Crippen molar-refractivity contribution in [3.63, 3.8) is 0 Å². The molecule has 0 fully saturated rings. The lowest BCUT2D eigenvalue weighted by atomic mass is 10.0. The van der Waals surface area contributed by atoms with Gasteiger partial charge in [-0.15, -0.1) is 0 Å². The number of rotatable bonds is 16. The van der Waals surface area contributed by atoms with Crippen LogP contribution in [0.4, 0.5) is 0 Å². The van der Waals surface area contributed by atoms with E-state index in [9.17, 15) is 4.79 Å². The molecule has 0 aromatic rings. The lowest BCUT2D eigenvalue weighted by Gasteiger charge is -2.45. The Kier molecular flexibility index (Phi) is 13.6. The predicted molar refractivity (Wildman–Crippen MR) is 161 cm³/mol. The van der Waals surface area contributed by atoms with Gasteiger partial charge in [-0.25, -0.2) is 0 Å². The Labute approximate surface area is 222 Å². The summed E-state index contributed by atoms with van der Waals surface area (Å²) >= 11 is 0. The summed E-state index contributed by atoms with van der Waals surface area (Å²) in [6.45, 7) is 35.0. The highest BCUT2D eigenvalue weighted by atomic mass is 28.4. The zero-order valence-corrected chi connectivity index (χ0v) is 30.7. The molecule has 0 aromatic carbocycles. The molecule has 0 aromatic heterocycles. The van der Waals surface area contributed by atoms with E-state index in [4.69, 9.17) is 22.1 Å². The minimum atomic E-state index is -2.05. The monoisotopic (exact) mass is 583 g/mol. The van der Waals surface area contributed by atoms with E-state index < -0.39 is 53.8 Å². The zero-order chi connectivity index (χ0) is 28.0. The normalized spacial score (nSPS) is 17.6. The van der Waals surface area contributed by atoms with Crippen molar-refractivity contribution < 1.29 is 26.9 Å². The number of amides is 1. The van der Waals surface area contributed by atoms with E-state index in [2.05, 4.69) is 104 Å². The van der Waals surface area contributed by atoms with Crippen molar-refractivity contribution in [1.82, 2.24) is 5.32 Å². The van der Waals surface area contributed by atoms with E-state index in [-0.39, 0.29) is 18.1 Å². The number of hydrogen-bond acceptors (Lipinski definition) is 6. The van der Waals surface area contributed by atoms with Gasteiger partial charge in [0.25, 0.3) is 0 Å². The Morgan fingerprint density at radius 2 is 0.943 bits per heavy atom. The van der Waals surface area contributed by atoms with Gasteiger partial charge >= 0.3 is 0 Å². The van der Waals surface area contributed by atoms with Crippen LogP contribution in [0.5, 0.6) is 0 Å². The average Bonchev–Trinajstić information content (AvgIpc) is 2.54. The topological polar surface area (TPSA) is 75.3 Å². The van der Waals surface area contributed by atoms with Crippen molar-refractivity contribution in [3.05, 3.63) is 0 Å². The van der Waals surface area contributed by atoms with Crippen LogP contribution < -0.4 is 5.32 Å². The Morgan fingerprint density at radius 1 is 0.571 bits per heavy atom. The highest BCUT2D eigenvalue weighted by molar-refractivity contribution is 6.71. The van der Waals surface area contributed by atoms with Crippen LogP contribution in [-0.2, 0) is 26.9 Å². The molecule has 7 nitrogen and oxygen atoms in total. The molecule has 0 radical (unpaired) electrons. The lowest BCUT2D eigenvalue weighted by Crippen LogP contribution is -2.62. The fourth-order valence-corrected chi connectivity index (χ4v) is 8.02. The molecule has 4 atom stereocenters. The molecular formula is C23H57NO6Si5. The first-order chi connectivity index (χ1) is 15.3. The molecular weight excluding hydrogens is 527 g/mol. The highest BCUT2D eigenvalue weighted by Gasteiger charge is 2.44. The number of carbonyl (C=O) groups is 1. The van der Waals surface area contributed by atoms with Gasteiger partial charge in [-0.1, -0.05) is 0 Å². The van der Waals surface area contributed by atoms with Gasteiger partial charge in [-0.05, 0) is 98.2 Å².